The second kappa shape index (κ2) is 39.7. The second-order valence-electron chi connectivity index (χ2n) is 28.0. The van der Waals surface area contributed by atoms with Gasteiger partial charge in [0.25, 0.3) is 16.6 Å². The van der Waals surface area contributed by atoms with Gasteiger partial charge >= 0.3 is 11.9 Å². The molecule has 1 heterocycles. The molecule has 532 valence electrons. The highest BCUT2D eigenvalue weighted by molar-refractivity contribution is 7.00. The molecular formula is C85H107ClN2O10Si2. The predicted molar refractivity (Wildman–Crippen MR) is 414 cm³/mol. The summed E-state index contributed by atoms with van der Waals surface area (Å²) in [6.07, 6.45) is 7.28. The number of nitrogens with zero attached hydrogens (tertiary/aromatic N) is 2. The highest BCUT2D eigenvalue weighted by atomic mass is 35.5. The highest BCUT2D eigenvalue weighted by Crippen LogP contribution is 2.46. The van der Waals surface area contributed by atoms with Crippen LogP contribution in [0.5, 0.6) is 0 Å². The molecule has 12 nitrogen and oxygen atoms in total. The first-order valence-corrected chi connectivity index (χ1v) is 39.5. The number of carbonyl (C=O) groups is 4. The van der Waals surface area contributed by atoms with Crippen LogP contribution in [0, 0.1) is 0 Å². The van der Waals surface area contributed by atoms with Crippen molar-refractivity contribution in [2.45, 2.75) is 129 Å². The summed E-state index contributed by atoms with van der Waals surface area (Å²) in [5, 5.41) is 13.8. The van der Waals surface area contributed by atoms with Crippen molar-refractivity contribution >= 4 is 73.3 Å². The summed E-state index contributed by atoms with van der Waals surface area (Å²) in [4.78, 5) is 52.4. The molecule has 0 amide bonds. The van der Waals surface area contributed by atoms with Gasteiger partial charge in [-0.05, 0) is 134 Å². The van der Waals surface area contributed by atoms with Crippen LogP contribution in [-0.4, -0.2) is 141 Å². The molecule has 0 spiro atoms. The molecule has 100 heavy (non-hydrogen) atoms. The van der Waals surface area contributed by atoms with Crippen LogP contribution in [0.1, 0.15) is 141 Å². The molecule has 0 bridgehead atoms. The van der Waals surface area contributed by atoms with E-state index in [9.17, 15) is 19.2 Å². The van der Waals surface area contributed by atoms with Crippen LogP contribution in [0.2, 0.25) is 10.1 Å². The molecule has 1 fully saturated rings. The summed E-state index contributed by atoms with van der Waals surface area (Å²) in [7, 11) is -3.00. The molecule has 0 aromatic heterocycles. The van der Waals surface area contributed by atoms with Crippen molar-refractivity contribution in [3.63, 3.8) is 0 Å². The van der Waals surface area contributed by atoms with E-state index in [1.54, 1.807) is 0 Å². The number of rotatable bonds is 29. The number of aliphatic hydroxyl groups is 1. The van der Waals surface area contributed by atoms with E-state index in [4.69, 9.17) is 28.2 Å². The molecule has 8 aromatic rings. The quantitative estimate of drug-likeness (QED) is 0.0271. The fraction of sp³-hybridized carbons (Fsp3) is 0.388. The van der Waals surface area contributed by atoms with Gasteiger partial charge in [-0.2, -0.15) is 0 Å². The minimum absolute atomic E-state index is 0. The van der Waals surface area contributed by atoms with Crippen LogP contribution in [-0.2, 0) is 42.2 Å². The van der Waals surface area contributed by atoms with Crippen molar-refractivity contribution in [3.8, 4) is 22.3 Å². The van der Waals surface area contributed by atoms with Crippen molar-refractivity contribution in [3.05, 3.63) is 241 Å². The second-order valence-corrected chi connectivity index (χ2v) is 36.6. The Morgan fingerprint density at radius 1 is 0.440 bits per heavy atom. The van der Waals surface area contributed by atoms with E-state index in [0.717, 1.165) is 52.0 Å². The monoisotopic (exact) mass is 1410 g/mol. The largest absolute Gasteiger partial charge is 0.464 e. The maximum atomic E-state index is 13.2. The average molecular weight is 1410 g/mol. The number of fused-ring (bicyclic) bond motifs is 6. The van der Waals surface area contributed by atoms with E-state index in [0.29, 0.717) is 38.3 Å². The Morgan fingerprint density at radius 3 is 1.08 bits per heavy atom. The number of halogens is 1. The zero-order valence-electron chi connectivity index (χ0n) is 60.5. The fourth-order valence-corrected chi connectivity index (χ4v) is 23.2. The highest BCUT2D eigenvalue weighted by Gasteiger charge is 2.51. The number of hydrogen-bond donors (Lipinski definition) is 1. The standard InChI is InChI=1S/C40H47NO4Si.C25H37NO2Si.C16H14O3.C4H8O.ClH/c1-5-31(42)28-41(29-39(43)44-30-38-36-24-14-12-22-34(36)35-23-13-15-25-37(35)38)26-16-17-27-45-46(40(2,3)4,32-18-8-6-9-19-32)33-20-10-7-11-21-33;1-6-22(27)21-26(5)19-13-14-20-28-29(25(2,3)4,23-15-9-7-10-16-23)24-17-11-8-12-18-24;17-9-16(18)19-10-15-13-7-3-1-5-11(13)12-6-2-4-8-14(12)15;1-2-4-5-3-1;/h6-15,18-25,38H,5,16-17,26-30H2,1-4H3;7-12,15-18H,6,13-14,19-21H2,1-5H3;1-8,15,17H,9-10H2;1-4H2;1H. The van der Waals surface area contributed by atoms with Gasteiger partial charge in [0.05, 0.1) is 19.6 Å². The summed E-state index contributed by atoms with van der Waals surface area (Å²) in [6.45, 7) is 23.3. The zero-order valence-corrected chi connectivity index (χ0v) is 63.3. The lowest BCUT2D eigenvalue weighted by Crippen LogP contribution is -2.66. The molecule has 11 rings (SSSR count). The number of hydrogen-bond acceptors (Lipinski definition) is 12. The van der Waals surface area contributed by atoms with E-state index in [1.165, 1.54) is 78.1 Å². The van der Waals surface area contributed by atoms with Crippen LogP contribution in [0.15, 0.2) is 218 Å². The van der Waals surface area contributed by atoms with E-state index < -0.39 is 29.2 Å². The molecule has 1 N–H and O–H groups in total. The summed E-state index contributed by atoms with van der Waals surface area (Å²) in [5.41, 5.74) is 9.53. The average Bonchev–Trinajstić information content (AvgIpc) is 1.67. The van der Waals surface area contributed by atoms with E-state index in [1.807, 2.05) is 74.3 Å². The van der Waals surface area contributed by atoms with Crippen LogP contribution < -0.4 is 20.7 Å². The molecule has 3 aliphatic rings. The number of likely N-dealkylation sites (N-methyl/N-ethyl adjacent to an activating group) is 1. The van der Waals surface area contributed by atoms with Gasteiger partial charge < -0.3 is 28.2 Å². The van der Waals surface area contributed by atoms with Crippen molar-refractivity contribution in [2.75, 3.05) is 86.0 Å². The van der Waals surface area contributed by atoms with Crippen molar-refractivity contribution in [1.82, 2.24) is 9.80 Å². The molecule has 0 saturated carbocycles. The lowest BCUT2D eigenvalue weighted by molar-refractivity contribution is -0.147. The van der Waals surface area contributed by atoms with Gasteiger partial charge in [-0.25, -0.2) is 4.79 Å². The Hall–Kier alpha value is -7.48. The van der Waals surface area contributed by atoms with Crippen LogP contribution >= 0.6 is 12.4 Å². The maximum Gasteiger partial charge on any atom is 0.331 e. The first-order chi connectivity index (χ1) is 47.9. The minimum atomic E-state index is -2.60. The van der Waals surface area contributed by atoms with Crippen molar-refractivity contribution < 1.29 is 47.3 Å². The Bertz CT molecular complexity index is 3610. The number of unbranched alkanes of at least 4 members (excludes halogenated alkanes) is 2. The Balaban J connectivity index is 0.000000220. The smallest absolute Gasteiger partial charge is 0.331 e. The fourth-order valence-electron chi connectivity index (χ4n) is 14.0. The first kappa shape index (κ1) is 79.8. The predicted octanol–water partition coefficient (Wildman–Crippen LogP) is 14.8. The number of carbonyl (C=O) groups excluding carboxylic acids is 4. The van der Waals surface area contributed by atoms with Gasteiger partial charge in [-0.1, -0.05) is 274 Å². The van der Waals surface area contributed by atoms with E-state index >= 15 is 0 Å². The van der Waals surface area contributed by atoms with Gasteiger partial charge in [0, 0.05) is 51.1 Å². The summed E-state index contributed by atoms with van der Waals surface area (Å²) in [5.74, 6) is -0.383. The van der Waals surface area contributed by atoms with Crippen LogP contribution in [0.4, 0.5) is 0 Å². The lowest BCUT2D eigenvalue weighted by Gasteiger charge is -2.43. The minimum Gasteiger partial charge on any atom is -0.464 e. The molecule has 1 aliphatic heterocycles. The summed E-state index contributed by atoms with van der Waals surface area (Å²) >= 11 is 0. The van der Waals surface area contributed by atoms with Gasteiger partial charge in [-0.3, -0.25) is 24.2 Å². The Morgan fingerprint density at radius 2 is 0.760 bits per heavy atom. The topological polar surface area (TPSA) is 141 Å². The number of ether oxygens (including phenoxy) is 3. The van der Waals surface area contributed by atoms with Gasteiger partial charge in [0.1, 0.15) is 31.4 Å². The first-order valence-electron chi connectivity index (χ1n) is 35.7. The third-order valence-electron chi connectivity index (χ3n) is 19.0. The number of esters is 2. The zero-order chi connectivity index (χ0) is 70.7. The van der Waals surface area contributed by atoms with Crippen LogP contribution in [0.25, 0.3) is 22.3 Å². The summed E-state index contributed by atoms with van der Waals surface area (Å²) < 4.78 is 29.9. The molecule has 0 atom stereocenters. The number of aliphatic hydroxyl groups excluding tert-OH is 1. The molecule has 0 radical (unpaired) electrons. The third kappa shape index (κ3) is 21.1. The van der Waals surface area contributed by atoms with Crippen molar-refractivity contribution in [1.29, 1.82) is 0 Å². The molecular weight excluding hydrogens is 1300 g/mol. The third-order valence-corrected chi connectivity index (χ3v) is 29.0. The Kier molecular flexibility index (Phi) is 31.7. The molecule has 15 heteroatoms. The molecule has 0 unspecified atom stereocenters. The van der Waals surface area contributed by atoms with Crippen LogP contribution in [0.3, 0.4) is 0 Å². The SMILES string of the molecule is C1CCOC1.CCC(=O)CN(C)CCCCO[Si](c1ccccc1)(c1ccccc1)C(C)(C)C.CCC(=O)CN(CCCCO[Si](c1ccccc1)(c1ccccc1)C(C)(C)C)CC(=O)OCC1c2ccccc2-c2ccccc21.Cl.O=C(CO)OCC1c2ccccc2-c2ccccc21. The van der Waals surface area contributed by atoms with Gasteiger partial charge in [0.2, 0.25) is 0 Å². The number of benzene rings is 8. The maximum absolute atomic E-state index is 13.2. The van der Waals surface area contributed by atoms with Crippen molar-refractivity contribution in [2.24, 2.45) is 0 Å². The lowest BCUT2D eigenvalue weighted by atomic mass is 9.98. The number of Topliss-reactive ketones (excluding diaryl/α,β-unsaturated/α-hetero) is 2. The Labute approximate surface area is 604 Å². The normalized spacial score (nSPS) is 13.2. The van der Waals surface area contributed by atoms with E-state index in [-0.39, 0.29) is 72.4 Å². The van der Waals surface area contributed by atoms with Gasteiger partial charge in [0.15, 0.2) is 0 Å². The van der Waals surface area contributed by atoms with E-state index in [2.05, 4.69) is 216 Å². The number of ketones is 2. The molecule has 8 aromatic carbocycles. The molecule has 2 aliphatic carbocycles. The summed E-state index contributed by atoms with van der Waals surface area (Å²) in [6, 6.07) is 75.8. The van der Waals surface area contributed by atoms with Gasteiger partial charge in [-0.15, -0.1) is 12.4 Å². The molecule has 1 saturated heterocycles.